The SMILES string of the molecule is CC(=O)C(C)=CC1CC2C=CC1C2. The molecule has 2 aliphatic rings. The van der Waals surface area contributed by atoms with E-state index < -0.39 is 0 Å². The molecule has 0 aromatic carbocycles. The highest BCUT2D eigenvalue weighted by Crippen LogP contribution is 2.44. The Labute approximate surface area is 79.5 Å². The van der Waals surface area contributed by atoms with Gasteiger partial charge in [0.1, 0.15) is 0 Å². The monoisotopic (exact) mass is 176 g/mol. The van der Waals surface area contributed by atoms with Crippen LogP contribution in [-0.2, 0) is 4.79 Å². The lowest BCUT2D eigenvalue weighted by molar-refractivity contribution is -0.113. The molecule has 2 aliphatic carbocycles. The van der Waals surface area contributed by atoms with Crippen LogP contribution in [0, 0.1) is 17.8 Å². The molecule has 0 aromatic heterocycles. The minimum absolute atomic E-state index is 0.215. The second-order valence-electron chi connectivity index (χ2n) is 4.35. The van der Waals surface area contributed by atoms with Crippen LogP contribution in [0.3, 0.4) is 0 Å². The van der Waals surface area contributed by atoms with Gasteiger partial charge in [0.05, 0.1) is 0 Å². The first kappa shape index (κ1) is 8.74. The molecule has 0 N–H and O–H groups in total. The van der Waals surface area contributed by atoms with Crippen molar-refractivity contribution in [2.24, 2.45) is 17.8 Å². The van der Waals surface area contributed by atoms with E-state index >= 15 is 0 Å². The van der Waals surface area contributed by atoms with Crippen LogP contribution >= 0.6 is 0 Å². The summed E-state index contributed by atoms with van der Waals surface area (Å²) in [4.78, 5) is 11.1. The number of carbonyl (C=O) groups is 1. The number of ketones is 1. The molecule has 0 heterocycles. The molecule has 0 aromatic rings. The first-order valence-corrected chi connectivity index (χ1v) is 5.04. The summed E-state index contributed by atoms with van der Waals surface area (Å²) in [7, 11) is 0. The molecule has 1 heteroatoms. The smallest absolute Gasteiger partial charge is 0.155 e. The number of Topliss-reactive ketones (excluding diaryl/α,β-unsaturated/α-hetero) is 1. The van der Waals surface area contributed by atoms with Crippen molar-refractivity contribution in [2.75, 3.05) is 0 Å². The minimum Gasteiger partial charge on any atom is -0.295 e. The average Bonchev–Trinajstić information content (AvgIpc) is 2.64. The maximum absolute atomic E-state index is 11.1. The Morgan fingerprint density at radius 1 is 1.31 bits per heavy atom. The van der Waals surface area contributed by atoms with Crippen LogP contribution in [0.2, 0.25) is 0 Å². The normalized spacial score (nSPS) is 37.1. The zero-order chi connectivity index (χ0) is 9.42. The van der Waals surface area contributed by atoms with Gasteiger partial charge in [0.2, 0.25) is 0 Å². The van der Waals surface area contributed by atoms with Gasteiger partial charge in [0.25, 0.3) is 0 Å². The molecule has 0 radical (unpaired) electrons. The Morgan fingerprint density at radius 2 is 2.08 bits per heavy atom. The van der Waals surface area contributed by atoms with E-state index in [0.717, 1.165) is 17.4 Å². The van der Waals surface area contributed by atoms with E-state index in [9.17, 15) is 4.79 Å². The van der Waals surface area contributed by atoms with Crippen LogP contribution in [0.4, 0.5) is 0 Å². The molecule has 0 aliphatic heterocycles. The third-order valence-electron chi connectivity index (χ3n) is 3.35. The standard InChI is InChI=1S/C12H16O/c1-8(9(2)13)5-12-7-10-3-4-11(12)6-10/h3-5,10-12H,6-7H2,1-2H3. The van der Waals surface area contributed by atoms with Crippen molar-refractivity contribution in [1.82, 2.24) is 0 Å². The van der Waals surface area contributed by atoms with E-state index in [2.05, 4.69) is 18.2 Å². The van der Waals surface area contributed by atoms with Crippen molar-refractivity contribution in [3.8, 4) is 0 Å². The fraction of sp³-hybridized carbons (Fsp3) is 0.583. The summed E-state index contributed by atoms with van der Waals surface area (Å²) in [6.45, 7) is 3.58. The van der Waals surface area contributed by atoms with Gasteiger partial charge in [0.15, 0.2) is 5.78 Å². The number of hydrogen-bond acceptors (Lipinski definition) is 1. The molecule has 0 saturated heterocycles. The summed E-state index contributed by atoms with van der Waals surface area (Å²) in [5.74, 6) is 2.37. The second-order valence-corrected chi connectivity index (χ2v) is 4.35. The van der Waals surface area contributed by atoms with Crippen molar-refractivity contribution in [3.05, 3.63) is 23.8 Å². The van der Waals surface area contributed by atoms with Crippen LogP contribution < -0.4 is 0 Å². The number of hydrogen-bond donors (Lipinski definition) is 0. The maximum atomic E-state index is 11.1. The molecule has 3 atom stereocenters. The molecular formula is C12H16O. The third-order valence-corrected chi connectivity index (χ3v) is 3.35. The Morgan fingerprint density at radius 3 is 2.54 bits per heavy atom. The van der Waals surface area contributed by atoms with E-state index in [-0.39, 0.29) is 5.78 Å². The quantitative estimate of drug-likeness (QED) is 0.467. The van der Waals surface area contributed by atoms with Gasteiger partial charge in [-0.25, -0.2) is 0 Å². The van der Waals surface area contributed by atoms with Crippen LogP contribution in [0.15, 0.2) is 23.8 Å². The highest BCUT2D eigenvalue weighted by molar-refractivity contribution is 5.92. The zero-order valence-electron chi connectivity index (χ0n) is 8.29. The summed E-state index contributed by atoms with van der Waals surface area (Å²) < 4.78 is 0. The zero-order valence-corrected chi connectivity index (χ0v) is 8.29. The number of fused-ring (bicyclic) bond motifs is 2. The van der Waals surface area contributed by atoms with Gasteiger partial charge in [0, 0.05) is 0 Å². The predicted octanol–water partition coefficient (Wildman–Crippen LogP) is 2.73. The molecular weight excluding hydrogens is 160 g/mol. The van der Waals surface area contributed by atoms with Gasteiger partial charge in [-0.1, -0.05) is 18.2 Å². The van der Waals surface area contributed by atoms with E-state index in [0.29, 0.717) is 5.92 Å². The Kier molecular flexibility index (Phi) is 2.10. The molecule has 1 saturated carbocycles. The first-order valence-electron chi connectivity index (χ1n) is 5.04. The Hall–Kier alpha value is -0.850. The predicted molar refractivity (Wildman–Crippen MR) is 53.3 cm³/mol. The summed E-state index contributed by atoms with van der Waals surface area (Å²) in [5, 5.41) is 0. The van der Waals surface area contributed by atoms with Gasteiger partial charge in [-0.05, 0) is 50.0 Å². The molecule has 1 nitrogen and oxygen atoms in total. The van der Waals surface area contributed by atoms with E-state index in [1.807, 2.05) is 6.92 Å². The number of rotatable bonds is 2. The lowest BCUT2D eigenvalue weighted by Crippen LogP contribution is -2.05. The summed E-state index contributed by atoms with van der Waals surface area (Å²) in [6, 6.07) is 0. The molecule has 2 rings (SSSR count). The van der Waals surface area contributed by atoms with E-state index in [1.165, 1.54) is 12.8 Å². The van der Waals surface area contributed by atoms with Crippen molar-refractivity contribution in [2.45, 2.75) is 26.7 Å². The first-order chi connectivity index (χ1) is 6.16. The van der Waals surface area contributed by atoms with Crippen LogP contribution in [-0.4, -0.2) is 5.78 Å². The van der Waals surface area contributed by atoms with Crippen molar-refractivity contribution in [3.63, 3.8) is 0 Å². The molecule has 0 amide bonds. The minimum atomic E-state index is 0.215. The summed E-state index contributed by atoms with van der Waals surface area (Å²) in [5.41, 5.74) is 0.936. The van der Waals surface area contributed by atoms with Crippen LogP contribution in [0.1, 0.15) is 26.7 Å². The van der Waals surface area contributed by atoms with Gasteiger partial charge in [-0.3, -0.25) is 4.79 Å². The Bertz CT molecular complexity index is 285. The largest absolute Gasteiger partial charge is 0.295 e. The van der Waals surface area contributed by atoms with E-state index in [4.69, 9.17) is 0 Å². The van der Waals surface area contributed by atoms with Gasteiger partial charge < -0.3 is 0 Å². The molecule has 13 heavy (non-hydrogen) atoms. The number of carbonyl (C=O) groups excluding carboxylic acids is 1. The van der Waals surface area contributed by atoms with Gasteiger partial charge >= 0.3 is 0 Å². The highest BCUT2D eigenvalue weighted by atomic mass is 16.1. The van der Waals surface area contributed by atoms with Crippen molar-refractivity contribution >= 4 is 5.78 Å². The number of allylic oxidation sites excluding steroid dienone is 4. The van der Waals surface area contributed by atoms with E-state index in [1.54, 1.807) is 6.92 Å². The molecule has 1 fully saturated rings. The molecule has 70 valence electrons. The van der Waals surface area contributed by atoms with Gasteiger partial charge in [-0.2, -0.15) is 0 Å². The lowest BCUT2D eigenvalue weighted by atomic mass is 9.91. The van der Waals surface area contributed by atoms with Gasteiger partial charge in [-0.15, -0.1) is 0 Å². The summed E-state index contributed by atoms with van der Waals surface area (Å²) >= 11 is 0. The fourth-order valence-electron chi connectivity index (χ4n) is 2.45. The lowest BCUT2D eigenvalue weighted by Gasteiger charge is -2.14. The maximum Gasteiger partial charge on any atom is 0.155 e. The summed E-state index contributed by atoms with van der Waals surface area (Å²) in [6.07, 6.45) is 9.40. The second kappa shape index (κ2) is 3.13. The Balaban J connectivity index is 2.08. The van der Waals surface area contributed by atoms with Crippen LogP contribution in [0.5, 0.6) is 0 Å². The molecule has 3 unspecified atom stereocenters. The fourth-order valence-corrected chi connectivity index (χ4v) is 2.45. The van der Waals surface area contributed by atoms with Crippen molar-refractivity contribution < 1.29 is 4.79 Å². The third kappa shape index (κ3) is 1.60. The topological polar surface area (TPSA) is 17.1 Å². The highest BCUT2D eigenvalue weighted by Gasteiger charge is 2.34. The molecule has 0 spiro atoms. The van der Waals surface area contributed by atoms with Crippen LogP contribution in [0.25, 0.3) is 0 Å². The average molecular weight is 176 g/mol. The molecule has 2 bridgehead atoms. The van der Waals surface area contributed by atoms with Crippen molar-refractivity contribution in [1.29, 1.82) is 0 Å².